The lowest BCUT2D eigenvalue weighted by Gasteiger charge is -2.15. The van der Waals surface area contributed by atoms with Gasteiger partial charge in [-0.25, -0.2) is 0 Å². The molecule has 0 atom stereocenters. The third kappa shape index (κ3) is 5.52. The fourth-order valence-corrected chi connectivity index (χ4v) is 1.78. The fourth-order valence-electron chi connectivity index (χ4n) is 1.78. The largest absolute Gasteiger partial charge is 0.493 e. The Bertz CT molecular complexity index is 516. The van der Waals surface area contributed by atoms with Gasteiger partial charge in [-0.1, -0.05) is 5.92 Å². The first kappa shape index (κ1) is 20.2. The molecule has 0 heterocycles. The number of hydrogen-bond donors (Lipinski definition) is 2. The average molecular weight is 419 g/mol. The van der Waals surface area contributed by atoms with Crippen LogP contribution in [0.25, 0.3) is 0 Å². The van der Waals surface area contributed by atoms with E-state index < -0.39 is 0 Å². The Morgan fingerprint density at radius 2 is 1.73 bits per heavy atom. The van der Waals surface area contributed by atoms with Crippen molar-refractivity contribution < 1.29 is 14.2 Å². The van der Waals surface area contributed by atoms with Crippen molar-refractivity contribution >= 4 is 29.9 Å². The molecule has 0 amide bonds. The molecule has 0 saturated heterocycles. The van der Waals surface area contributed by atoms with E-state index in [-0.39, 0.29) is 24.0 Å². The van der Waals surface area contributed by atoms with Gasteiger partial charge in [0.1, 0.15) is 0 Å². The second-order valence-corrected chi connectivity index (χ2v) is 4.02. The highest BCUT2D eigenvalue weighted by atomic mass is 127. The van der Waals surface area contributed by atoms with E-state index in [1.54, 1.807) is 28.4 Å². The van der Waals surface area contributed by atoms with Gasteiger partial charge >= 0.3 is 0 Å². The number of benzene rings is 1. The topological polar surface area (TPSA) is 64.1 Å². The highest BCUT2D eigenvalue weighted by Gasteiger charge is 2.13. The maximum Gasteiger partial charge on any atom is 0.203 e. The number of nitrogens with one attached hydrogen (secondary N) is 2. The standard InChI is InChI=1S/C15H21N3O3.HI/c1-6-7-17-15(16-2)18-10-11-8-12(19-3)14(21-5)13(9-11)20-4;/h1,8-9H,7,10H2,2-5H3,(H2,16,17,18);1H. The lowest BCUT2D eigenvalue weighted by atomic mass is 10.2. The lowest BCUT2D eigenvalue weighted by molar-refractivity contribution is 0.323. The predicted molar refractivity (Wildman–Crippen MR) is 98.5 cm³/mol. The third-order valence-corrected chi connectivity index (χ3v) is 2.77. The molecule has 6 nitrogen and oxygen atoms in total. The van der Waals surface area contributed by atoms with Gasteiger partial charge in [0.2, 0.25) is 5.75 Å². The normalized spacial score (nSPS) is 10.0. The van der Waals surface area contributed by atoms with Crippen LogP contribution in [0.3, 0.4) is 0 Å². The number of terminal acetylenes is 1. The van der Waals surface area contributed by atoms with Crippen LogP contribution in [-0.2, 0) is 6.54 Å². The van der Waals surface area contributed by atoms with Crippen molar-refractivity contribution in [3.8, 4) is 29.6 Å². The molecule has 0 aromatic heterocycles. The molecule has 22 heavy (non-hydrogen) atoms. The Labute approximate surface area is 148 Å². The molecule has 122 valence electrons. The van der Waals surface area contributed by atoms with E-state index in [0.717, 1.165) is 5.56 Å². The van der Waals surface area contributed by atoms with Gasteiger partial charge in [0.25, 0.3) is 0 Å². The third-order valence-electron chi connectivity index (χ3n) is 2.77. The minimum absolute atomic E-state index is 0. The Balaban J connectivity index is 0.00000441. The van der Waals surface area contributed by atoms with Crippen LogP contribution in [0.2, 0.25) is 0 Å². The number of aliphatic imine (C=N–C) groups is 1. The first-order valence-corrected chi connectivity index (χ1v) is 6.37. The van der Waals surface area contributed by atoms with Crippen LogP contribution in [0.15, 0.2) is 17.1 Å². The van der Waals surface area contributed by atoms with Crippen molar-refractivity contribution in [3.05, 3.63) is 17.7 Å². The molecule has 1 aromatic carbocycles. The molecule has 0 spiro atoms. The van der Waals surface area contributed by atoms with E-state index in [1.165, 1.54) is 0 Å². The second kappa shape index (κ2) is 10.8. The van der Waals surface area contributed by atoms with E-state index in [9.17, 15) is 0 Å². The van der Waals surface area contributed by atoms with Crippen LogP contribution in [0.4, 0.5) is 0 Å². The van der Waals surface area contributed by atoms with E-state index in [0.29, 0.717) is 36.3 Å². The van der Waals surface area contributed by atoms with Gasteiger partial charge in [0.15, 0.2) is 17.5 Å². The van der Waals surface area contributed by atoms with Crippen molar-refractivity contribution in [1.29, 1.82) is 0 Å². The molecule has 0 saturated carbocycles. The van der Waals surface area contributed by atoms with Gasteiger partial charge in [-0.3, -0.25) is 4.99 Å². The summed E-state index contributed by atoms with van der Waals surface area (Å²) in [6.45, 7) is 0.954. The summed E-state index contributed by atoms with van der Waals surface area (Å²) in [5, 5.41) is 6.14. The molecule has 0 radical (unpaired) electrons. The maximum atomic E-state index is 5.31. The predicted octanol–water partition coefficient (Wildman–Crippen LogP) is 1.63. The molecule has 0 aliphatic carbocycles. The lowest BCUT2D eigenvalue weighted by Crippen LogP contribution is -2.36. The molecule has 1 rings (SSSR count). The smallest absolute Gasteiger partial charge is 0.203 e. The van der Waals surface area contributed by atoms with Crippen LogP contribution >= 0.6 is 24.0 Å². The number of nitrogens with zero attached hydrogens (tertiary/aromatic N) is 1. The molecule has 2 N–H and O–H groups in total. The van der Waals surface area contributed by atoms with Crippen molar-refractivity contribution in [2.45, 2.75) is 6.54 Å². The van der Waals surface area contributed by atoms with E-state index >= 15 is 0 Å². The van der Waals surface area contributed by atoms with Crippen LogP contribution in [0, 0.1) is 12.3 Å². The molecular weight excluding hydrogens is 397 g/mol. The molecule has 1 aromatic rings. The summed E-state index contributed by atoms with van der Waals surface area (Å²) >= 11 is 0. The monoisotopic (exact) mass is 419 g/mol. The van der Waals surface area contributed by atoms with E-state index in [2.05, 4.69) is 21.5 Å². The van der Waals surface area contributed by atoms with Gasteiger partial charge in [-0.05, 0) is 17.7 Å². The number of methoxy groups -OCH3 is 3. The maximum absolute atomic E-state index is 5.31. The Morgan fingerprint density at radius 1 is 1.14 bits per heavy atom. The van der Waals surface area contributed by atoms with Crippen LogP contribution in [0.1, 0.15) is 5.56 Å². The summed E-state index contributed by atoms with van der Waals surface area (Å²) in [7, 11) is 6.43. The van der Waals surface area contributed by atoms with E-state index in [1.807, 2.05) is 12.1 Å². The summed E-state index contributed by atoms with van der Waals surface area (Å²) < 4.78 is 15.9. The SMILES string of the molecule is C#CCNC(=NC)NCc1cc(OC)c(OC)c(OC)c1.I. The number of guanidine groups is 1. The molecule has 7 heteroatoms. The van der Waals surface area contributed by atoms with Gasteiger partial charge in [0, 0.05) is 13.6 Å². The molecule has 0 aliphatic rings. The molecule has 0 aliphatic heterocycles. The van der Waals surface area contributed by atoms with Crippen LogP contribution < -0.4 is 24.8 Å². The molecule has 0 bridgehead atoms. The zero-order valence-electron chi connectivity index (χ0n) is 13.2. The number of halogens is 1. The number of ether oxygens (including phenoxy) is 3. The van der Waals surface area contributed by atoms with Gasteiger partial charge in [-0.2, -0.15) is 0 Å². The second-order valence-electron chi connectivity index (χ2n) is 4.02. The molecule has 0 fully saturated rings. The van der Waals surface area contributed by atoms with Crippen molar-refractivity contribution in [1.82, 2.24) is 10.6 Å². The van der Waals surface area contributed by atoms with Crippen molar-refractivity contribution in [2.75, 3.05) is 34.9 Å². The quantitative estimate of drug-likeness (QED) is 0.318. The minimum Gasteiger partial charge on any atom is -0.493 e. The minimum atomic E-state index is 0. The summed E-state index contributed by atoms with van der Waals surface area (Å²) in [6, 6.07) is 3.76. The number of rotatable bonds is 6. The first-order chi connectivity index (χ1) is 10.2. The van der Waals surface area contributed by atoms with Crippen LogP contribution in [-0.4, -0.2) is 40.9 Å². The van der Waals surface area contributed by atoms with Crippen molar-refractivity contribution in [3.63, 3.8) is 0 Å². The average Bonchev–Trinajstić information content (AvgIpc) is 2.53. The van der Waals surface area contributed by atoms with Crippen LogP contribution in [0.5, 0.6) is 17.2 Å². The molecular formula is C15H22IN3O3. The summed E-state index contributed by atoms with van der Waals surface area (Å²) in [4.78, 5) is 4.07. The number of hydrogen-bond acceptors (Lipinski definition) is 4. The summed E-state index contributed by atoms with van der Waals surface area (Å²) in [6.07, 6.45) is 5.20. The Hall–Kier alpha value is -1.82. The Kier molecular flexibility index (Phi) is 9.95. The van der Waals surface area contributed by atoms with Gasteiger partial charge in [0.05, 0.1) is 27.9 Å². The molecule has 0 unspecified atom stereocenters. The zero-order chi connectivity index (χ0) is 15.7. The van der Waals surface area contributed by atoms with E-state index in [4.69, 9.17) is 20.6 Å². The first-order valence-electron chi connectivity index (χ1n) is 6.37. The summed E-state index contributed by atoms with van der Waals surface area (Å²) in [5.41, 5.74) is 0.966. The highest BCUT2D eigenvalue weighted by Crippen LogP contribution is 2.38. The Morgan fingerprint density at radius 3 is 2.14 bits per heavy atom. The van der Waals surface area contributed by atoms with Gasteiger partial charge in [-0.15, -0.1) is 30.4 Å². The zero-order valence-corrected chi connectivity index (χ0v) is 15.6. The highest BCUT2D eigenvalue weighted by molar-refractivity contribution is 14.0. The summed E-state index contributed by atoms with van der Waals surface area (Å²) in [5.74, 6) is 4.91. The van der Waals surface area contributed by atoms with Gasteiger partial charge < -0.3 is 24.8 Å². The van der Waals surface area contributed by atoms with Crippen molar-refractivity contribution in [2.24, 2.45) is 4.99 Å². The fraction of sp³-hybridized carbons (Fsp3) is 0.400.